The van der Waals surface area contributed by atoms with E-state index in [-0.39, 0.29) is 12.6 Å². The Morgan fingerprint density at radius 3 is 2.55 bits per heavy atom. The van der Waals surface area contributed by atoms with Crippen LogP contribution in [0.3, 0.4) is 0 Å². The highest BCUT2D eigenvalue weighted by Gasteiger charge is 2.28. The molecule has 5 nitrogen and oxygen atoms in total. The van der Waals surface area contributed by atoms with Gasteiger partial charge in [-0.05, 0) is 23.6 Å². The van der Waals surface area contributed by atoms with Crippen molar-refractivity contribution < 1.29 is 14.6 Å². The molecule has 152 valence electrons. The van der Waals surface area contributed by atoms with Crippen LogP contribution in [0.1, 0.15) is 0 Å². The number of hydrogen-bond donors (Lipinski definition) is 1. The molecule has 1 aliphatic rings. The van der Waals surface area contributed by atoms with Gasteiger partial charge in [-0.1, -0.05) is 48.5 Å². The number of hydrogen-bond acceptors (Lipinski definition) is 5. The first-order chi connectivity index (χ1) is 14.3. The summed E-state index contributed by atoms with van der Waals surface area (Å²) in [4.78, 5) is 4.67. The topological polar surface area (TPSA) is 45.2 Å². The fourth-order valence-corrected chi connectivity index (χ4v) is 4.09. The second-order valence-electron chi connectivity index (χ2n) is 7.32. The fraction of sp³-hybridized carbons (Fsp3) is 0.333. The molecule has 29 heavy (non-hydrogen) atoms. The van der Waals surface area contributed by atoms with Crippen LogP contribution < -0.4 is 14.4 Å². The molecule has 0 aromatic heterocycles. The highest BCUT2D eigenvalue weighted by Crippen LogP contribution is 2.30. The normalized spacial score (nSPS) is 17.4. The number of ether oxygens (including phenoxy) is 2. The van der Waals surface area contributed by atoms with E-state index >= 15 is 0 Å². The Morgan fingerprint density at radius 1 is 0.931 bits per heavy atom. The Labute approximate surface area is 172 Å². The maximum absolute atomic E-state index is 9.51. The number of methoxy groups -OCH3 is 1. The summed E-state index contributed by atoms with van der Waals surface area (Å²) in [5.41, 5.74) is 1.11. The van der Waals surface area contributed by atoms with E-state index in [0.29, 0.717) is 13.2 Å². The average Bonchev–Trinajstić information content (AvgIpc) is 2.78. The van der Waals surface area contributed by atoms with Gasteiger partial charge in [-0.15, -0.1) is 0 Å². The molecule has 0 spiro atoms. The summed E-state index contributed by atoms with van der Waals surface area (Å²) in [5.74, 6) is 1.79. The lowest BCUT2D eigenvalue weighted by Crippen LogP contribution is -2.56. The monoisotopic (exact) mass is 392 g/mol. The zero-order chi connectivity index (χ0) is 20.1. The van der Waals surface area contributed by atoms with E-state index in [1.165, 1.54) is 5.39 Å². The molecule has 1 fully saturated rings. The number of piperazine rings is 1. The van der Waals surface area contributed by atoms with Crippen LogP contribution in [0.4, 0.5) is 5.69 Å². The molecule has 0 aliphatic carbocycles. The lowest BCUT2D eigenvalue weighted by Gasteiger charge is -2.42. The number of β-amino-alcohol motifs (C(OH)–C–C–N with tert-alkyl or cyclic N) is 1. The molecule has 1 heterocycles. The third-order valence-electron chi connectivity index (χ3n) is 5.60. The Morgan fingerprint density at radius 2 is 1.69 bits per heavy atom. The van der Waals surface area contributed by atoms with Gasteiger partial charge in [0.25, 0.3) is 0 Å². The highest BCUT2D eigenvalue weighted by atomic mass is 16.5. The summed E-state index contributed by atoms with van der Waals surface area (Å²) in [7, 11) is 1.71. The summed E-state index contributed by atoms with van der Waals surface area (Å²) in [5, 5.41) is 11.8. The summed E-state index contributed by atoms with van der Waals surface area (Å²) in [6.07, 6.45) is 0. The zero-order valence-corrected chi connectivity index (χ0v) is 16.8. The molecule has 1 N–H and O–H groups in total. The van der Waals surface area contributed by atoms with Gasteiger partial charge in [0.05, 0.1) is 25.4 Å². The van der Waals surface area contributed by atoms with Gasteiger partial charge in [0.1, 0.15) is 18.1 Å². The van der Waals surface area contributed by atoms with Crippen molar-refractivity contribution in [3.63, 3.8) is 0 Å². The number of anilines is 1. The van der Waals surface area contributed by atoms with Crippen LogP contribution in [0.5, 0.6) is 11.5 Å². The lowest BCUT2D eigenvalue weighted by atomic mass is 10.1. The first-order valence-electron chi connectivity index (χ1n) is 10.1. The number of rotatable bonds is 7. The van der Waals surface area contributed by atoms with Crippen molar-refractivity contribution in [1.29, 1.82) is 0 Å². The lowest BCUT2D eigenvalue weighted by molar-refractivity contribution is 0.100. The predicted octanol–water partition coefficient (Wildman–Crippen LogP) is 3.41. The van der Waals surface area contributed by atoms with Crippen molar-refractivity contribution in [2.75, 3.05) is 51.4 Å². The van der Waals surface area contributed by atoms with Crippen LogP contribution >= 0.6 is 0 Å². The zero-order valence-electron chi connectivity index (χ0n) is 16.8. The smallest absolute Gasteiger partial charge is 0.142 e. The quantitative estimate of drug-likeness (QED) is 0.668. The number of fused-ring (bicyclic) bond motifs is 1. The SMILES string of the molecule is COc1ccccc1N1CCN(CCO)C(COc2cccc3ccccc23)C1. The van der Waals surface area contributed by atoms with E-state index in [2.05, 4.69) is 34.1 Å². The van der Waals surface area contributed by atoms with Gasteiger partial charge < -0.3 is 19.5 Å². The number of aliphatic hydroxyl groups is 1. The van der Waals surface area contributed by atoms with Crippen molar-refractivity contribution >= 4 is 16.5 Å². The molecule has 1 atom stereocenters. The van der Waals surface area contributed by atoms with E-state index < -0.39 is 0 Å². The second kappa shape index (κ2) is 9.16. The summed E-state index contributed by atoms with van der Waals surface area (Å²) in [6.45, 7) is 3.97. The van der Waals surface area contributed by atoms with Gasteiger partial charge in [-0.2, -0.15) is 0 Å². The van der Waals surface area contributed by atoms with Gasteiger partial charge in [0.15, 0.2) is 0 Å². The molecule has 1 saturated heterocycles. The molecular weight excluding hydrogens is 364 g/mol. The molecule has 1 unspecified atom stereocenters. The largest absolute Gasteiger partial charge is 0.495 e. The van der Waals surface area contributed by atoms with Crippen molar-refractivity contribution in [3.8, 4) is 11.5 Å². The van der Waals surface area contributed by atoms with Crippen LogP contribution in [0.25, 0.3) is 10.8 Å². The van der Waals surface area contributed by atoms with Crippen molar-refractivity contribution in [3.05, 3.63) is 66.7 Å². The van der Waals surface area contributed by atoms with Gasteiger partial charge in [0, 0.05) is 31.6 Å². The average molecular weight is 392 g/mol. The third kappa shape index (κ3) is 4.31. The van der Waals surface area contributed by atoms with Crippen LogP contribution in [0.15, 0.2) is 66.7 Å². The minimum atomic E-state index is 0.152. The number of benzene rings is 3. The minimum Gasteiger partial charge on any atom is -0.495 e. The van der Waals surface area contributed by atoms with Crippen LogP contribution in [-0.4, -0.2) is 62.6 Å². The van der Waals surface area contributed by atoms with E-state index in [0.717, 1.165) is 42.2 Å². The van der Waals surface area contributed by atoms with Crippen molar-refractivity contribution in [1.82, 2.24) is 4.90 Å². The summed E-state index contributed by atoms with van der Waals surface area (Å²) in [6, 6.07) is 22.8. The molecule has 1 aliphatic heterocycles. The molecular formula is C24H28N2O3. The van der Waals surface area contributed by atoms with Gasteiger partial charge in [-0.25, -0.2) is 0 Å². The maximum Gasteiger partial charge on any atom is 0.142 e. The predicted molar refractivity (Wildman–Crippen MR) is 117 cm³/mol. The molecule has 3 aromatic rings. The molecule has 0 radical (unpaired) electrons. The number of nitrogens with zero attached hydrogens (tertiary/aromatic N) is 2. The van der Waals surface area contributed by atoms with Gasteiger partial charge in [-0.3, -0.25) is 4.90 Å². The Bertz CT molecular complexity index is 941. The van der Waals surface area contributed by atoms with Gasteiger partial charge in [0.2, 0.25) is 0 Å². The Balaban J connectivity index is 1.52. The Hall–Kier alpha value is -2.76. The molecule has 0 saturated carbocycles. The molecule has 0 bridgehead atoms. The van der Waals surface area contributed by atoms with Gasteiger partial charge >= 0.3 is 0 Å². The first kappa shape index (κ1) is 19.6. The molecule has 3 aromatic carbocycles. The van der Waals surface area contributed by atoms with E-state index in [9.17, 15) is 5.11 Å². The van der Waals surface area contributed by atoms with E-state index in [1.54, 1.807) is 7.11 Å². The number of aliphatic hydroxyl groups excluding tert-OH is 1. The fourth-order valence-electron chi connectivity index (χ4n) is 4.09. The minimum absolute atomic E-state index is 0.152. The van der Waals surface area contributed by atoms with E-state index in [1.807, 2.05) is 42.5 Å². The molecule has 4 rings (SSSR count). The molecule has 0 amide bonds. The van der Waals surface area contributed by atoms with Crippen LogP contribution in [0, 0.1) is 0 Å². The van der Waals surface area contributed by atoms with Crippen molar-refractivity contribution in [2.45, 2.75) is 6.04 Å². The van der Waals surface area contributed by atoms with Crippen LogP contribution in [0.2, 0.25) is 0 Å². The first-order valence-corrected chi connectivity index (χ1v) is 10.1. The second-order valence-corrected chi connectivity index (χ2v) is 7.32. The maximum atomic E-state index is 9.51. The third-order valence-corrected chi connectivity index (χ3v) is 5.60. The Kier molecular flexibility index (Phi) is 6.17. The van der Waals surface area contributed by atoms with E-state index in [4.69, 9.17) is 9.47 Å². The highest BCUT2D eigenvalue weighted by molar-refractivity contribution is 5.88. The van der Waals surface area contributed by atoms with Crippen molar-refractivity contribution in [2.24, 2.45) is 0 Å². The molecule has 5 heteroatoms. The standard InChI is InChI=1S/C24H28N2O3/c1-28-24-11-5-4-10-22(24)26-14-13-25(15-16-27)20(17-26)18-29-23-12-6-8-19-7-2-3-9-21(19)23/h2-12,20,27H,13-18H2,1H3. The number of para-hydroxylation sites is 2. The van der Waals surface area contributed by atoms with Crippen LogP contribution in [-0.2, 0) is 0 Å². The summed E-state index contributed by atoms with van der Waals surface area (Å²) >= 11 is 0. The summed E-state index contributed by atoms with van der Waals surface area (Å²) < 4.78 is 11.9.